The van der Waals surface area contributed by atoms with Crippen LogP contribution in [0.2, 0.25) is 0 Å². The summed E-state index contributed by atoms with van der Waals surface area (Å²) in [6, 6.07) is 11.5. The molecule has 2 aromatic carbocycles. The molecular weight excluding hydrogens is 431 g/mol. The van der Waals surface area contributed by atoms with Crippen LogP contribution in [0.3, 0.4) is 0 Å². The largest absolute Gasteiger partial charge is 0.405 e. The number of carbonyl (C=O) groups excluding carboxylic acids is 1. The Bertz CT molecular complexity index is 1040. The number of halogens is 3. The molecule has 0 bridgehead atoms. The number of para-hydroxylation sites is 2. The summed E-state index contributed by atoms with van der Waals surface area (Å²) in [4.78, 5) is 12.7. The molecule has 0 aromatic heterocycles. The van der Waals surface area contributed by atoms with Crippen LogP contribution in [0.5, 0.6) is 0 Å². The molecule has 1 heterocycles. The van der Waals surface area contributed by atoms with Crippen LogP contribution < -0.4 is 10.6 Å². The third kappa shape index (κ3) is 5.76. The van der Waals surface area contributed by atoms with Crippen molar-refractivity contribution in [3.63, 3.8) is 0 Å². The first-order chi connectivity index (χ1) is 14.6. The number of carbonyl (C=O) groups is 1. The smallest absolute Gasteiger partial charge is 0.375 e. The van der Waals surface area contributed by atoms with Gasteiger partial charge in [-0.3, -0.25) is 4.79 Å². The Hall–Kier alpha value is -2.59. The van der Waals surface area contributed by atoms with Crippen LogP contribution in [0.4, 0.5) is 24.5 Å². The van der Waals surface area contributed by atoms with Crippen LogP contribution in [0.15, 0.2) is 53.4 Å². The van der Waals surface area contributed by atoms with Crippen LogP contribution in [-0.2, 0) is 10.0 Å². The van der Waals surface area contributed by atoms with E-state index in [0.29, 0.717) is 6.54 Å². The summed E-state index contributed by atoms with van der Waals surface area (Å²) in [6.07, 6.45) is -1.88. The molecule has 1 amide bonds. The molecule has 2 aromatic rings. The summed E-state index contributed by atoms with van der Waals surface area (Å²) in [6.45, 7) is 1.04. The van der Waals surface area contributed by atoms with E-state index in [2.05, 4.69) is 10.6 Å². The van der Waals surface area contributed by atoms with Crippen molar-refractivity contribution in [2.45, 2.75) is 43.3 Å². The molecule has 1 aliphatic rings. The number of sulfonamides is 1. The molecule has 0 spiro atoms. The molecule has 1 aliphatic heterocycles. The number of piperidine rings is 1. The van der Waals surface area contributed by atoms with Crippen molar-refractivity contribution in [1.82, 2.24) is 4.31 Å². The monoisotopic (exact) mass is 455 g/mol. The highest BCUT2D eigenvalue weighted by Gasteiger charge is 2.31. The number of hydrogen-bond acceptors (Lipinski definition) is 4. The lowest BCUT2D eigenvalue weighted by molar-refractivity contribution is -0.115. The van der Waals surface area contributed by atoms with E-state index in [1.807, 2.05) is 6.92 Å². The van der Waals surface area contributed by atoms with Crippen LogP contribution in [0.25, 0.3) is 0 Å². The van der Waals surface area contributed by atoms with Crippen molar-refractivity contribution in [2.75, 3.05) is 23.7 Å². The lowest BCUT2D eigenvalue weighted by Gasteiger charge is -2.32. The summed E-state index contributed by atoms with van der Waals surface area (Å²) in [5, 5.41) is 4.80. The molecular formula is C21H24F3N3O3S. The van der Waals surface area contributed by atoms with Gasteiger partial charge in [0.25, 0.3) is 5.91 Å². The van der Waals surface area contributed by atoms with E-state index >= 15 is 0 Å². The quantitative estimate of drug-likeness (QED) is 0.674. The second-order valence-electron chi connectivity index (χ2n) is 7.46. The number of alkyl halides is 3. The molecule has 0 radical (unpaired) electrons. The Morgan fingerprint density at radius 2 is 1.81 bits per heavy atom. The Labute approximate surface area is 179 Å². The summed E-state index contributed by atoms with van der Waals surface area (Å²) in [5.74, 6) is -0.620. The van der Waals surface area contributed by atoms with E-state index in [-0.39, 0.29) is 27.9 Å². The maximum atomic E-state index is 13.0. The van der Waals surface area contributed by atoms with Crippen molar-refractivity contribution in [3.8, 4) is 0 Å². The standard InChI is InChI=1S/C21H24F3N3O3S/c1-15-7-4-5-12-27(15)31(29,30)17-9-6-8-16(13-17)20(28)26-19-11-3-2-10-18(19)25-14-21(22,23)24/h2-3,6,8-11,13,15,25H,4-5,7,12,14H2,1H3,(H,26,28). The molecule has 0 aliphatic carbocycles. The van der Waals surface area contributed by atoms with E-state index in [1.54, 1.807) is 12.1 Å². The van der Waals surface area contributed by atoms with Crippen molar-refractivity contribution >= 4 is 27.3 Å². The molecule has 168 valence electrons. The molecule has 31 heavy (non-hydrogen) atoms. The van der Waals surface area contributed by atoms with Gasteiger partial charge in [-0.15, -0.1) is 0 Å². The maximum Gasteiger partial charge on any atom is 0.405 e. The topological polar surface area (TPSA) is 78.5 Å². The molecule has 1 unspecified atom stereocenters. The van der Waals surface area contributed by atoms with Gasteiger partial charge in [-0.05, 0) is 50.1 Å². The number of anilines is 2. The van der Waals surface area contributed by atoms with Gasteiger partial charge in [0.05, 0.1) is 16.3 Å². The molecule has 10 heteroatoms. The van der Waals surface area contributed by atoms with Gasteiger partial charge in [0.1, 0.15) is 6.54 Å². The molecule has 2 N–H and O–H groups in total. The first-order valence-corrected chi connectivity index (χ1v) is 11.3. The average Bonchev–Trinajstić information content (AvgIpc) is 2.73. The lowest BCUT2D eigenvalue weighted by Crippen LogP contribution is -2.41. The molecule has 1 saturated heterocycles. The highest BCUT2D eigenvalue weighted by atomic mass is 32.2. The van der Waals surface area contributed by atoms with E-state index < -0.39 is 28.7 Å². The first-order valence-electron chi connectivity index (χ1n) is 9.91. The fourth-order valence-corrected chi connectivity index (χ4v) is 5.24. The Kier molecular flexibility index (Phi) is 6.90. The third-order valence-corrected chi connectivity index (χ3v) is 7.11. The number of hydrogen-bond donors (Lipinski definition) is 2. The third-order valence-electron chi connectivity index (χ3n) is 5.10. The van der Waals surface area contributed by atoms with Crippen molar-refractivity contribution < 1.29 is 26.4 Å². The van der Waals surface area contributed by atoms with Crippen LogP contribution in [0.1, 0.15) is 36.5 Å². The second-order valence-corrected chi connectivity index (χ2v) is 9.35. The first kappa shape index (κ1) is 23.1. The zero-order valence-electron chi connectivity index (χ0n) is 16.9. The SMILES string of the molecule is CC1CCCCN1S(=O)(=O)c1cccc(C(=O)Nc2ccccc2NCC(F)(F)F)c1. The van der Waals surface area contributed by atoms with Crippen LogP contribution in [-0.4, -0.2) is 43.9 Å². The van der Waals surface area contributed by atoms with E-state index in [4.69, 9.17) is 0 Å². The number of amides is 1. The zero-order valence-corrected chi connectivity index (χ0v) is 17.8. The zero-order chi connectivity index (χ0) is 22.6. The normalized spacial score (nSPS) is 17.9. The molecule has 6 nitrogen and oxygen atoms in total. The van der Waals surface area contributed by atoms with Gasteiger partial charge < -0.3 is 10.6 Å². The van der Waals surface area contributed by atoms with Gasteiger partial charge in [0.15, 0.2) is 0 Å². The minimum absolute atomic E-state index is 0.0115. The predicted molar refractivity (Wildman–Crippen MR) is 113 cm³/mol. The highest BCUT2D eigenvalue weighted by Crippen LogP contribution is 2.27. The molecule has 1 atom stereocenters. The van der Waals surface area contributed by atoms with E-state index in [9.17, 15) is 26.4 Å². The predicted octanol–water partition coefficient (Wildman–Crippen LogP) is 4.48. The van der Waals surface area contributed by atoms with Crippen molar-refractivity contribution in [2.24, 2.45) is 0 Å². The minimum atomic E-state index is -4.41. The Balaban J connectivity index is 1.80. The van der Waals surface area contributed by atoms with Gasteiger partial charge >= 0.3 is 6.18 Å². The fourth-order valence-electron chi connectivity index (χ4n) is 3.50. The summed E-state index contributed by atoms with van der Waals surface area (Å²) in [7, 11) is -3.76. The summed E-state index contributed by atoms with van der Waals surface area (Å²) in [5.41, 5.74) is 0.366. The summed E-state index contributed by atoms with van der Waals surface area (Å²) >= 11 is 0. The van der Waals surface area contributed by atoms with Gasteiger partial charge in [0, 0.05) is 18.2 Å². The lowest BCUT2D eigenvalue weighted by atomic mass is 10.1. The van der Waals surface area contributed by atoms with E-state index in [0.717, 1.165) is 19.3 Å². The molecule has 0 saturated carbocycles. The minimum Gasteiger partial charge on any atom is -0.375 e. The maximum absolute atomic E-state index is 13.0. The van der Waals surface area contributed by atoms with Crippen molar-refractivity contribution in [1.29, 1.82) is 0 Å². The summed E-state index contributed by atoms with van der Waals surface area (Å²) < 4.78 is 65.1. The number of rotatable bonds is 6. The van der Waals surface area contributed by atoms with Gasteiger partial charge in [-0.25, -0.2) is 8.42 Å². The highest BCUT2D eigenvalue weighted by molar-refractivity contribution is 7.89. The van der Waals surface area contributed by atoms with Gasteiger partial charge in [-0.2, -0.15) is 17.5 Å². The van der Waals surface area contributed by atoms with Crippen LogP contribution in [0, 0.1) is 0 Å². The second kappa shape index (κ2) is 9.27. The number of benzene rings is 2. The van der Waals surface area contributed by atoms with Crippen molar-refractivity contribution in [3.05, 3.63) is 54.1 Å². The Morgan fingerprint density at radius 3 is 2.48 bits per heavy atom. The van der Waals surface area contributed by atoms with E-state index in [1.165, 1.54) is 40.7 Å². The molecule has 3 rings (SSSR count). The number of nitrogens with zero attached hydrogens (tertiary/aromatic N) is 1. The van der Waals surface area contributed by atoms with Crippen LogP contribution >= 0.6 is 0 Å². The van der Waals surface area contributed by atoms with Gasteiger partial charge in [-0.1, -0.05) is 24.6 Å². The Morgan fingerprint density at radius 1 is 1.10 bits per heavy atom. The average molecular weight is 456 g/mol. The fraction of sp³-hybridized carbons (Fsp3) is 0.381. The number of nitrogens with one attached hydrogen (secondary N) is 2. The van der Waals surface area contributed by atoms with Gasteiger partial charge in [0.2, 0.25) is 10.0 Å². The molecule has 1 fully saturated rings.